The Labute approximate surface area is 167 Å². The van der Waals surface area contributed by atoms with Crippen molar-refractivity contribution in [3.63, 3.8) is 0 Å². The van der Waals surface area contributed by atoms with Crippen LogP contribution in [0.5, 0.6) is 0 Å². The predicted octanol–water partition coefficient (Wildman–Crippen LogP) is 4.02. The third-order valence-electron chi connectivity index (χ3n) is 3.09. The highest BCUT2D eigenvalue weighted by atomic mass is 127. The van der Waals surface area contributed by atoms with Gasteiger partial charge in [0, 0.05) is 30.8 Å². The van der Waals surface area contributed by atoms with E-state index in [4.69, 9.17) is 11.6 Å². The van der Waals surface area contributed by atoms with Crippen molar-refractivity contribution in [3.05, 3.63) is 63.3 Å². The van der Waals surface area contributed by atoms with Crippen LogP contribution in [0.3, 0.4) is 0 Å². The molecule has 2 rings (SSSR count). The summed E-state index contributed by atoms with van der Waals surface area (Å²) in [5.41, 5.74) is 2.34. The molecule has 0 radical (unpaired) electrons. The SMILES string of the molecule is CN=C(NCCc1ccc(Cl)nc1)NCc1ccc(Br)cc1.I. The summed E-state index contributed by atoms with van der Waals surface area (Å²) < 4.78 is 1.08. The van der Waals surface area contributed by atoms with E-state index in [0.29, 0.717) is 5.15 Å². The molecule has 124 valence electrons. The zero-order valence-electron chi connectivity index (χ0n) is 12.7. The average molecular weight is 510 g/mol. The van der Waals surface area contributed by atoms with E-state index in [1.165, 1.54) is 5.56 Å². The van der Waals surface area contributed by atoms with E-state index < -0.39 is 0 Å². The molecule has 7 heteroatoms. The minimum absolute atomic E-state index is 0. The minimum atomic E-state index is 0. The summed E-state index contributed by atoms with van der Waals surface area (Å²) in [7, 11) is 1.76. The Kier molecular flexibility index (Phi) is 9.50. The molecular weight excluding hydrogens is 490 g/mol. The van der Waals surface area contributed by atoms with Gasteiger partial charge < -0.3 is 10.6 Å². The number of aliphatic imine (C=N–C) groups is 1. The van der Waals surface area contributed by atoms with Gasteiger partial charge in [0.2, 0.25) is 0 Å². The second-order valence-corrected chi connectivity index (χ2v) is 6.02. The molecule has 0 aliphatic rings. The van der Waals surface area contributed by atoms with Crippen molar-refractivity contribution in [1.82, 2.24) is 15.6 Å². The van der Waals surface area contributed by atoms with Gasteiger partial charge in [-0.15, -0.1) is 24.0 Å². The fraction of sp³-hybridized carbons (Fsp3) is 0.250. The number of pyridine rings is 1. The van der Waals surface area contributed by atoms with Gasteiger partial charge in [-0.2, -0.15) is 0 Å². The molecule has 0 bridgehead atoms. The van der Waals surface area contributed by atoms with E-state index in [2.05, 4.69) is 48.7 Å². The van der Waals surface area contributed by atoms with Gasteiger partial charge >= 0.3 is 0 Å². The van der Waals surface area contributed by atoms with Crippen LogP contribution in [0.1, 0.15) is 11.1 Å². The summed E-state index contributed by atoms with van der Waals surface area (Å²) in [6.45, 7) is 1.51. The lowest BCUT2D eigenvalue weighted by Crippen LogP contribution is -2.37. The molecule has 0 aliphatic carbocycles. The molecule has 2 N–H and O–H groups in total. The Hall–Kier alpha value is -0.860. The molecule has 0 spiro atoms. The smallest absolute Gasteiger partial charge is 0.191 e. The van der Waals surface area contributed by atoms with Gasteiger partial charge in [-0.1, -0.05) is 45.7 Å². The summed E-state index contributed by atoms with van der Waals surface area (Å²) in [6, 6.07) is 12.0. The van der Waals surface area contributed by atoms with E-state index in [1.807, 2.05) is 18.2 Å². The topological polar surface area (TPSA) is 49.3 Å². The first-order valence-corrected chi connectivity index (χ1v) is 8.14. The zero-order valence-corrected chi connectivity index (χ0v) is 17.4. The molecule has 0 saturated carbocycles. The monoisotopic (exact) mass is 508 g/mol. The van der Waals surface area contributed by atoms with Crippen molar-refractivity contribution in [2.45, 2.75) is 13.0 Å². The summed E-state index contributed by atoms with van der Waals surface area (Å²) >= 11 is 9.20. The van der Waals surface area contributed by atoms with Gasteiger partial charge in [0.25, 0.3) is 0 Å². The van der Waals surface area contributed by atoms with Crippen molar-refractivity contribution < 1.29 is 0 Å². The number of hydrogen-bond acceptors (Lipinski definition) is 2. The highest BCUT2D eigenvalue weighted by molar-refractivity contribution is 14.0. The molecular formula is C16H19BrClIN4. The predicted molar refractivity (Wildman–Crippen MR) is 111 cm³/mol. The van der Waals surface area contributed by atoms with Crippen molar-refractivity contribution in [1.29, 1.82) is 0 Å². The quantitative estimate of drug-likeness (QED) is 0.277. The number of guanidine groups is 1. The third-order valence-corrected chi connectivity index (χ3v) is 3.84. The van der Waals surface area contributed by atoms with Crippen LogP contribution in [-0.2, 0) is 13.0 Å². The van der Waals surface area contributed by atoms with Gasteiger partial charge in [-0.05, 0) is 35.7 Å². The molecule has 0 saturated heterocycles. The summed E-state index contributed by atoms with van der Waals surface area (Å²) in [6.07, 6.45) is 2.66. The molecule has 4 nitrogen and oxygen atoms in total. The largest absolute Gasteiger partial charge is 0.356 e. The number of rotatable bonds is 5. The first kappa shape index (κ1) is 20.2. The van der Waals surface area contributed by atoms with Gasteiger partial charge in [0.05, 0.1) is 0 Å². The van der Waals surface area contributed by atoms with Crippen LogP contribution in [-0.4, -0.2) is 24.5 Å². The Morgan fingerprint density at radius 3 is 2.43 bits per heavy atom. The van der Waals surface area contributed by atoms with Crippen molar-refractivity contribution >= 4 is 57.5 Å². The normalized spacial score (nSPS) is 10.8. The van der Waals surface area contributed by atoms with Crippen LogP contribution in [0.25, 0.3) is 0 Å². The molecule has 2 aromatic rings. The number of nitrogens with zero attached hydrogens (tertiary/aromatic N) is 2. The van der Waals surface area contributed by atoms with E-state index >= 15 is 0 Å². The first-order valence-electron chi connectivity index (χ1n) is 6.97. The first-order chi connectivity index (χ1) is 10.7. The van der Waals surface area contributed by atoms with Crippen LogP contribution in [0.4, 0.5) is 0 Å². The zero-order chi connectivity index (χ0) is 15.8. The fourth-order valence-electron chi connectivity index (χ4n) is 1.89. The number of benzene rings is 1. The molecule has 0 fully saturated rings. The van der Waals surface area contributed by atoms with Gasteiger partial charge in [0.1, 0.15) is 5.15 Å². The fourth-order valence-corrected chi connectivity index (χ4v) is 2.26. The van der Waals surface area contributed by atoms with Crippen LogP contribution in [0.2, 0.25) is 5.15 Å². The van der Waals surface area contributed by atoms with Crippen molar-refractivity contribution in [3.8, 4) is 0 Å². The minimum Gasteiger partial charge on any atom is -0.356 e. The molecule has 1 heterocycles. The van der Waals surface area contributed by atoms with E-state index in [-0.39, 0.29) is 24.0 Å². The molecule has 0 atom stereocenters. The molecule has 23 heavy (non-hydrogen) atoms. The number of nitrogens with one attached hydrogen (secondary N) is 2. The summed E-state index contributed by atoms with van der Waals surface area (Å²) in [4.78, 5) is 8.28. The van der Waals surface area contributed by atoms with Gasteiger partial charge in [0.15, 0.2) is 5.96 Å². The lowest BCUT2D eigenvalue weighted by atomic mass is 10.2. The van der Waals surface area contributed by atoms with Gasteiger partial charge in [-0.3, -0.25) is 4.99 Å². The van der Waals surface area contributed by atoms with Crippen LogP contribution < -0.4 is 10.6 Å². The molecule has 0 unspecified atom stereocenters. The molecule has 0 amide bonds. The highest BCUT2D eigenvalue weighted by Gasteiger charge is 1.99. The number of halogens is 3. The third kappa shape index (κ3) is 7.50. The Morgan fingerprint density at radius 2 is 1.83 bits per heavy atom. The van der Waals surface area contributed by atoms with Crippen molar-refractivity contribution in [2.24, 2.45) is 4.99 Å². The van der Waals surface area contributed by atoms with E-state index in [9.17, 15) is 0 Å². The number of hydrogen-bond donors (Lipinski definition) is 2. The number of aromatic nitrogens is 1. The molecule has 1 aromatic carbocycles. The second-order valence-electron chi connectivity index (χ2n) is 4.72. The van der Waals surface area contributed by atoms with Crippen LogP contribution in [0, 0.1) is 0 Å². The highest BCUT2D eigenvalue weighted by Crippen LogP contribution is 2.10. The van der Waals surface area contributed by atoms with E-state index in [0.717, 1.165) is 35.5 Å². The van der Waals surface area contributed by atoms with Crippen LogP contribution >= 0.6 is 51.5 Å². The van der Waals surface area contributed by atoms with E-state index in [1.54, 1.807) is 19.3 Å². The van der Waals surface area contributed by atoms with Crippen molar-refractivity contribution in [2.75, 3.05) is 13.6 Å². The Bertz CT molecular complexity index is 617. The maximum absolute atomic E-state index is 5.77. The summed E-state index contributed by atoms with van der Waals surface area (Å²) in [5.74, 6) is 0.782. The maximum Gasteiger partial charge on any atom is 0.191 e. The molecule has 0 aliphatic heterocycles. The lowest BCUT2D eigenvalue weighted by Gasteiger charge is -2.12. The Balaban J connectivity index is 0.00000264. The molecule has 1 aromatic heterocycles. The summed E-state index contributed by atoms with van der Waals surface area (Å²) in [5, 5.41) is 7.09. The Morgan fingerprint density at radius 1 is 1.13 bits per heavy atom. The standard InChI is InChI=1S/C16H18BrClN4.HI/c1-19-16(22-11-12-2-5-14(17)6-3-12)20-9-8-13-4-7-15(18)21-10-13;/h2-7,10H,8-9,11H2,1H3,(H2,19,20,22);1H. The second kappa shape index (κ2) is 10.8. The average Bonchev–Trinajstić information content (AvgIpc) is 2.54. The maximum atomic E-state index is 5.77. The van der Waals surface area contributed by atoms with Crippen LogP contribution in [0.15, 0.2) is 52.1 Å². The van der Waals surface area contributed by atoms with Gasteiger partial charge in [-0.25, -0.2) is 4.98 Å². The lowest BCUT2D eigenvalue weighted by molar-refractivity contribution is 0.793.